The average molecular weight is 478 g/mol. The highest BCUT2D eigenvalue weighted by atomic mass is 16.6. The van der Waals surface area contributed by atoms with Gasteiger partial charge in [-0.25, -0.2) is 0 Å². The lowest BCUT2D eigenvalue weighted by Gasteiger charge is -2.38. The van der Waals surface area contributed by atoms with Crippen LogP contribution in [0.25, 0.3) is 0 Å². The van der Waals surface area contributed by atoms with Crippen LogP contribution >= 0.6 is 0 Å². The summed E-state index contributed by atoms with van der Waals surface area (Å²) in [6, 6.07) is 20.4. The fraction of sp³-hybridized carbons (Fsp3) is 0.296. The molecule has 3 aromatic rings. The second-order valence-corrected chi connectivity index (χ2v) is 8.31. The van der Waals surface area contributed by atoms with Crippen LogP contribution in [0, 0.1) is 10.1 Å². The molecule has 4 rings (SSSR count). The van der Waals surface area contributed by atoms with Gasteiger partial charge in [0, 0.05) is 16.4 Å². The lowest BCUT2D eigenvalue weighted by molar-refractivity contribution is -0.541. The van der Waals surface area contributed by atoms with E-state index in [0.717, 1.165) is 5.56 Å². The molecule has 8 heteroatoms. The van der Waals surface area contributed by atoms with Gasteiger partial charge in [0.1, 0.15) is 17.2 Å². The number of hydrogen-bond acceptors (Lipinski definition) is 7. The standard InChI is InChI=1S/C27H27NO7/c1-32-19-12-8-17(9-13-19)22(16-24(29)34-3)25-21-6-4-5-7-23(21)35-27(26(25)28(30)31)18-10-14-20(33-2)15-11-18/h4-15,22,25-27H,16H2,1-3H3/t22-,25+,26+,27+/m1/s1. The predicted molar refractivity (Wildman–Crippen MR) is 129 cm³/mol. The number of methoxy groups -OCH3 is 3. The van der Waals surface area contributed by atoms with Crippen molar-refractivity contribution in [3.63, 3.8) is 0 Å². The van der Waals surface area contributed by atoms with E-state index in [4.69, 9.17) is 18.9 Å². The van der Waals surface area contributed by atoms with E-state index in [2.05, 4.69) is 0 Å². The first-order valence-electron chi connectivity index (χ1n) is 11.2. The predicted octanol–water partition coefficient (Wildman–Crippen LogP) is 4.91. The molecule has 0 N–H and O–H groups in total. The Morgan fingerprint density at radius 2 is 1.54 bits per heavy atom. The maximum absolute atomic E-state index is 12.6. The number of nitrogens with zero attached hydrogens (tertiary/aromatic N) is 1. The minimum absolute atomic E-state index is 0.0263. The summed E-state index contributed by atoms with van der Waals surface area (Å²) < 4.78 is 21.7. The van der Waals surface area contributed by atoms with Crippen molar-refractivity contribution < 1.29 is 28.7 Å². The smallest absolute Gasteiger partial charge is 0.306 e. The molecule has 0 unspecified atom stereocenters. The Balaban J connectivity index is 1.87. The molecule has 8 nitrogen and oxygen atoms in total. The van der Waals surface area contributed by atoms with Gasteiger partial charge in [-0.2, -0.15) is 0 Å². The van der Waals surface area contributed by atoms with Crippen LogP contribution in [0.5, 0.6) is 17.2 Å². The normalized spacial score (nSPS) is 19.6. The molecule has 35 heavy (non-hydrogen) atoms. The Kier molecular flexibility index (Phi) is 7.19. The monoisotopic (exact) mass is 477 g/mol. The molecule has 0 bridgehead atoms. The summed E-state index contributed by atoms with van der Waals surface area (Å²) in [7, 11) is 4.44. The van der Waals surface area contributed by atoms with Gasteiger partial charge in [-0.15, -0.1) is 0 Å². The number of carbonyl (C=O) groups excluding carboxylic acids is 1. The Labute approximate surface area is 203 Å². The number of rotatable bonds is 8. The largest absolute Gasteiger partial charge is 0.497 e. The van der Waals surface area contributed by atoms with Crippen LogP contribution in [0.3, 0.4) is 0 Å². The molecule has 0 spiro atoms. The van der Waals surface area contributed by atoms with Gasteiger partial charge in [0.05, 0.1) is 33.7 Å². The van der Waals surface area contributed by atoms with Gasteiger partial charge < -0.3 is 18.9 Å². The second-order valence-electron chi connectivity index (χ2n) is 8.31. The number of para-hydroxylation sites is 1. The number of benzene rings is 3. The van der Waals surface area contributed by atoms with Crippen LogP contribution in [0.4, 0.5) is 0 Å². The summed E-state index contributed by atoms with van der Waals surface area (Å²) in [5.41, 5.74) is 2.11. The number of hydrogen-bond donors (Lipinski definition) is 0. The van der Waals surface area contributed by atoms with Gasteiger partial charge in [-0.05, 0) is 41.5 Å². The fourth-order valence-electron chi connectivity index (χ4n) is 4.76. The molecular formula is C27H27NO7. The summed E-state index contributed by atoms with van der Waals surface area (Å²) in [6.07, 6.45) is -0.893. The minimum Gasteiger partial charge on any atom is -0.497 e. The highest BCUT2D eigenvalue weighted by Gasteiger charge is 2.51. The van der Waals surface area contributed by atoms with Crippen LogP contribution in [0.2, 0.25) is 0 Å². The molecule has 1 aliphatic rings. The van der Waals surface area contributed by atoms with E-state index in [1.807, 2.05) is 30.3 Å². The summed E-state index contributed by atoms with van der Waals surface area (Å²) in [4.78, 5) is 24.8. The summed E-state index contributed by atoms with van der Waals surface area (Å²) in [5, 5.41) is 12.6. The second kappa shape index (κ2) is 10.5. The molecule has 0 amide bonds. The van der Waals surface area contributed by atoms with Crippen molar-refractivity contribution in [2.45, 2.75) is 30.4 Å². The highest BCUT2D eigenvalue weighted by molar-refractivity contribution is 5.71. The summed E-state index contributed by atoms with van der Waals surface area (Å²) in [5.74, 6) is 0.211. The molecule has 3 aromatic carbocycles. The third-order valence-electron chi connectivity index (χ3n) is 6.49. The van der Waals surface area contributed by atoms with Crippen LogP contribution < -0.4 is 14.2 Å². The molecule has 1 aliphatic heterocycles. The molecular weight excluding hydrogens is 450 g/mol. The van der Waals surface area contributed by atoms with Crippen LogP contribution in [0.1, 0.15) is 41.1 Å². The van der Waals surface area contributed by atoms with E-state index in [0.29, 0.717) is 28.4 Å². The van der Waals surface area contributed by atoms with Crippen LogP contribution in [0.15, 0.2) is 72.8 Å². The van der Waals surface area contributed by atoms with Crippen molar-refractivity contribution in [1.29, 1.82) is 0 Å². The van der Waals surface area contributed by atoms with E-state index in [9.17, 15) is 14.9 Å². The Morgan fingerprint density at radius 1 is 0.943 bits per heavy atom. The number of nitro groups is 1. The zero-order valence-corrected chi connectivity index (χ0v) is 19.7. The highest BCUT2D eigenvalue weighted by Crippen LogP contribution is 2.50. The van der Waals surface area contributed by atoms with E-state index in [-0.39, 0.29) is 11.3 Å². The quantitative estimate of drug-likeness (QED) is 0.258. The molecule has 0 saturated carbocycles. The first kappa shape index (κ1) is 24.1. The Morgan fingerprint density at radius 3 is 2.11 bits per heavy atom. The van der Waals surface area contributed by atoms with Crippen LogP contribution in [-0.2, 0) is 9.53 Å². The van der Waals surface area contributed by atoms with Crippen molar-refractivity contribution in [2.24, 2.45) is 0 Å². The Bertz CT molecular complexity index is 1180. The third kappa shape index (κ3) is 4.91. The van der Waals surface area contributed by atoms with Crippen molar-refractivity contribution >= 4 is 5.97 Å². The SMILES string of the molecule is COC(=O)C[C@H](c1ccc(OC)cc1)[C@@H]1c2ccccc2O[C@@H](c2ccc(OC)cc2)[C@H]1[N+](=O)[O-]. The number of ether oxygens (including phenoxy) is 4. The van der Waals surface area contributed by atoms with Gasteiger partial charge in [0.25, 0.3) is 6.04 Å². The first-order valence-corrected chi connectivity index (χ1v) is 11.2. The summed E-state index contributed by atoms with van der Waals surface area (Å²) >= 11 is 0. The fourth-order valence-corrected chi connectivity index (χ4v) is 4.76. The van der Waals surface area contributed by atoms with E-state index in [1.54, 1.807) is 56.7 Å². The lowest BCUT2D eigenvalue weighted by atomic mass is 9.71. The van der Waals surface area contributed by atoms with Gasteiger partial charge in [-0.1, -0.05) is 42.5 Å². The maximum Gasteiger partial charge on any atom is 0.306 e. The minimum atomic E-state index is -1.16. The Hall–Kier alpha value is -4.07. The molecule has 0 radical (unpaired) electrons. The van der Waals surface area contributed by atoms with Crippen LogP contribution in [-0.4, -0.2) is 38.3 Å². The van der Waals surface area contributed by atoms with Gasteiger partial charge in [0.2, 0.25) is 0 Å². The number of esters is 1. The topological polar surface area (TPSA) is 97.1 Å². The van der Waals surface area contributed by atoms with Gasteiger partial charge >= 0.3 is 5.97 Å². The summed E-state index contributed by atoms with van der Waals surface area (Å²) in [6.45, 7) is 0. The van der Waals surface area contributed by atoms with Crippen molar-refractivity contribution in [2.75, 3.05) is 21.3 Å². The molecule has 0 fully saturated rings. The first-order chi connectivity index (χ1) is 17.0. The number of carbonyl (C=O) groups is 1. The third-order valence-corrected chi connectivity index (χ3v) is 6.49. The molecule has 0 aliphatic carbocycles. The van der Waals surface area contributed by atoms with E-state index < -0.39 is 30.0 Å². The number of fused-ring (bicyclic) bond motifs is 1. The van der Waals surface area contributed by atoms with Gasteiger partial charge in [0.15, 0.2) is 6.10 Å². The average Bonchev–Trinajstić information content (AvgIpc) is 2.90. The molecule has 0 saturated heterocycles. The molecule has 4 atom stereocenters. The molecule has 182 valence electrons. The zero-order valence-electron chi connectivity index (χ0n) is 19.7. The van der Waals surface area contributed by atoms with Crippen molar-refractivity contribution in [3.8, 4) is 17.2 Å². The van der Waals surface area contributed by atoms with E-state index >= 15 is 0 Å². The zero-order chi connectivity index (χ0) is 24.9. The lowest BCUT2D eigenvalue weighted by Crippen LogP contribution is -2.43. The van der Waals surface area contributed by atoms with Crippen molar-refractivity contribution in [3.05, 3.63) is 99.6 Å². The maximum atomic E-state index is 12.6. The van der Waals surface area contributed by atoms with Crippen molar-refractivity contribution in [1.82, 2.24) is 0 Å². The van der Waals surface area contributed by atoms with E-state index in [1.165, 1.54) is 7.11 Å². The molecule has 0 aromatic heterocycles. The van der Waals surface area contributed by atoms with Gasteiger partial charge in [-0.3, -0.25) is 14.9 Å². The molecule has 1 heterocycles.